The monoisotopic (exact) mass is 260 g/mol. The summed E-state index contributed by atoms with van der Waals surface area (Å²) >= 11 is 0. The van der Waals surface area contributed by atoms with E-state index in [-0.39, 0.29) is 5.56 Å². The van der Waals surface area contributed by atoms with E-state index in [1.54, 1.807) is 24.3 Å². The van der Waals surface area contributed by atoms with Crippen LogP contribution in [-0.2, 0) is 10.5 Å². The number of ether oxygens (including phenoxy) is 1. The van der Waals surface area contributed by atoms with Crippen molar-refractivity contribution in [2.45, 2.75) is 12.6 Å². The van der Waals surface area contributed by atoms with Crippen LogP contribution in [0.15, 0.2) is 54.6 Å². The topological polar surface area (TPSA) is 46.5 Å². The number of carboxylic acid groups (broad SMARTS) is 1. The summed E-state index contributed by atoms with van der Waals surface area (Å²) in [6.45, 7) is 1.02. The van der Waals surface area contributed by atoms with E-state index in [0.717, 1.165) is 6.92 Å². The molecule has 98 valence electrons. The third kappa shape index (κ3) is 2.91. The summed E-state index contributed by atoms with van der Waals surface area (Å²) in [5, 5.41) is 8.79. The zero-order valence-electron chi connectivity index (χ0n) is 10.3. The second-order valence-corrected chi connectivity index (χ2v) is 4.25. The maximum absolute atomic E-state index is 13.9. The maximum atomic E-state index is 13.9. The Morgan fingerprint density at radius 3 is 2.11 bits per heavy atom. The lowest BCUT2D eigenvalue weighted by Crippen LogP contribution is -2.26. The van der Waals surface area contributed by atoms with Gasteiger partial charge in [0.05, 0.1) is 0 Å². The molecule has 0 aromatic heterocycles. The molecule has 0 spiro atoms. The van der Waals surface area contributed by atoms with E-state index in [9.17, 15) is 9.18 Å². The number of alkyl halides is 1. The van der Waals surface area contributed by atoms with Crippen molar-refractivity contribution in [3.8, 4) is 11.5 Å². The Morgan fingerprint density at radius 1 is 1.05 bits per heavy atom. The number of hydrogen-bond acceptors (Lipinski definition) is 2. The molecule has 19 heavy (non-hydrogen) atoms. The molecule has 1 atom stereocenters. The smallest absolute Gasteiger partial charge is 0.345 e. The fraction of sp³-hybridized carbons (Fsp3) is 0.133. The number of benzene rings is 2. The van der Waals surface area contributed by atoms with Gasteiger partial charge in [-0.1, -0.05) is 30.3 Å². The van der Waals surface area contributed by atoms with Crippen LogP contribution in [0.4, 0.5) is 4.39 Å². The number of hydrogen-bond donors (Lipinski definition) is 1. The minimum atomic E-state index is -2.40. The summed E-state index contributed by atoms with van der Waals surface area (Å²) < 4.78 is 19.4. The van der Waals surface area contributed by atoms with Gasteiger partial charge in [-0.3, -0.25) is 0 Å². The fourth-order valence-corrected chi connectivity index (χ4v) is 1.58. The van der Waals surface area contributed by atoms with E-state index >= 15 is 0 Å². The lowest BCUT2D eigenvalue weighted by atomic mass is 9.98. The molecule has 0 saturated carbocycles. The molecule has 0 bridgehead atoms. The van der Waals surface area contributed by atoms with Crippen molar-refractivity contribution < 1.29 is 19.0 Å². The predicted molar refractivity (Wildman–Crippen MR) is 69.1 cm³/mol. The Kier molecular flexibility index (Phi) is 3.51. The van der Waals surface area contributed by atoms with Gasteiger partial charge in [-0.2, -0.15) is 0 Å². The summed E-state index contributed by atoms with van der Waals surface area (Å²) in [5.41, 5.74) is -2.31. The molecule has 2 aromatic carbocycles. The summed E-state index contributed by atoms with van der Waals surface area (Å²) in [5.74, 6) is -0.322. The van der Waals surface area contributed by atoms with Crippen LogP contribution in [0.3, 0.4) is 0 Å². The van der Waals surface area contributed by atoms with E-state index < -0.39 is 11.6 Å². The van der Waals surface area contributed by atoms with Gasteiger partial charge in [0.1, 0.15) is 11.5 Å². The first-order chi connectivity index (χ1) is 9.00. The van der Waals surface area contributed by atoms with Crippen LogP contribution in [-0.4, -0.2) is 11.1 Å². The standard InChI is InChI=1S/C15H13FO3/c1-15(16,14(17)18)11-7-9-13(10-8-11)19-12-5-3-2-4-6-12/h2-10H,1H3,(H,17,18)/t15-/m1/s1. The fourth-order valence-electron chi connectivity index (χ4n) is 1.58. The Labute approximate surface area is 110 Å². The normalized spacial score (nSPS) is 13.6. The predicted octanol–water partition coefficient (Wildman–Crippen LogP) is 3.75. The minimum Gasteiger partial charge on any atom is -0.479 e. The van der Waals surface area contributed by atoms with Crippen LogP contribution in [0.25, 0.3) is 0 Å². The molecule has 0 aliphatic carbocycles. The second kappa shape index (κ2) is 5.10. The molecule has 4 heteroatoms. The first kappa shape index (κ1) is 13.1. The molecular formula is C15H13FO3. The van der Waals surface area contributed by atoms with E-state index in [0.29, 0.717) is 11.5 Å². The highest BCUT2D eigenvalue weighted by Crippen LogP contribution is 2.28. The van der Waals surface area contributed by atoms with Crippen LogP contribution in [0.5, 0.6) is 11.5 Å². The first-order valence-corrected chi connectivity index (χ1v) is 5.76. The van der Waals surface area contributed by atoms with E-state index in [1.807, 2.05) is 18.2 Å². The van der Waals surface area contributed by atoms with E-state index in [1.165, 1.54) is 12.1 Å². The highest BCUT2D eigenvalue weighted by Gasteiger charge is 2.34. The van der Waals surface area contributed by atoms with Gasteiger partial charge in [0.15, 0.2) is 0 Å². The van der Waals surface area contributed by atoms with Crippen LogP contribution in [0.2, 0.25) is 0 Å². The molecule has 0 radical (unpaired) electrons. The molecule has 0 unspecified atom stereocenters. The number of aliphatic carboxylic acids is 1. The van der Waals surface area contributed by atoms with Crippen LogP contribution in [0, 0.1) is 0 Å². The largest absolute Gasteiger partial charge is 0.479 e. The van der Waals surface area contributed by atoms with Gasteiger partial charge < -0.3 is 9.84 Å². The number of halogens is 1. The molecule has 0 heterocycles. The maximum Gasteiger partial charge on any atom is 0.345 e. The van der Waals surface area contributed by atoms with Crippen molar-refractivity contribution >= 4 is 5.97 Å². The average Bonchev–Trinajstić information content (AvgIpc) is 2.40. The van der Waals surface area contributed by atoms with Gasteiger partial charge in [-0.05, 0) is 31.2 Å². The van der Waals surface area contributed by atoms with Crippen molar-refractivity contribution in [1.29, 1.82) is 0 Å². The SMILES string of the molecule is C[C@](F)(C(=O)O)c1ccc(Oc2ccccc2)cc1. The van der Waals surface area contributed by atoms with Crippen molar-refractivity contribution in [2.24, 2.45) is 0 Å². The van der Waals surface area contributed by atoms with Crippen LogP contribution < -0.4 is 4.74 Å². The van der Waals surface area contributed by atoms with Gasteiger partial charge in [-0.15, -0.1) is 0 Å². The van der Waals surface area contributed by atoms with E-state index in [4.69, 9.17) is 9.84 Å². The van der Waals surface area contributed by atoms with E-state index in [2.05, 4.69) is 0 Å². The molecular weight excluding hydrogens is 247 g/mol. The highest BCUT2D eigenvalue weighted by atomic mass is 19.1. The molecule has 2 aromatic rings. The average molecular weight is 260 g/mol. The number of carbonyl (C=O) groups is 1. The minimum absolute atomic E-state index is 0.0837. The molecule has 1 N–H and O–H groups in total. The second-order valence-electron chi connectivity index (χ2n) is 4.25. The third-order valence-electron chi connectivity index (χ3n) is 2.78. The Bertz CT molecular complexity index is 562. The molecule has 0 saturated heterocycles. The van der Waals surface area contributed by atoms with Gasteiger partial charge in [0, 0.05) is 5.56 Å². The Morgan fingerprint density at radius 2 is 1.58 bits per heavy atom. The van der Waals surface area contributed by atoms with Crippen molar-refractivity contribution in [2.75, 3.05) is 0 Å². The van der Waals surface area contributed by atoms with Gasteiger partial charge >= 0.3 is 5.97 Å². The summed E-state index contributed by atoms with van der Waals surface area (Å²) in [4.78, 5) is 10.8. The summed E-state index contributed by atoms with van der Waals surface area (Å²) in [7, 11) is 0. The molecule has 2 rings (SSSR count). The van der Waals surface area contributed by atoms with Crippen molar-refractivity contribution in [1.82, 2.24) is 0 Å². The lowest BCUT2D eigenvalue weighted by Gasteiger charge is -2.15. The lowest BCUT2D eigenvalue weighted by molar-refractivity contribution is -0.150. The zero-order chi connectivity index (χ0) is 13.9. The summed E-state index contributed by atoms with van der Waals surface area (Å²) in [6.07, 6.45) is 0. The Balaban J connectivity index is 2.18. The third-order valence-corrected chi connectivity index (χ3v) is 2.78. The molecule has 0 fully saturated rings. The van der Waals surface area contributed by atoms with Crippen LogP contribution >= 0.6 is 0 Å². The molecule has 0 aliphatic rings. The van der Waals surface area contributed by atoms with Crippen LogP contribution in [0.1, 0.15) is 12.5 Å². The van der Waals surface area contributed by atoms with Crippen molar-refractivity contribution in [3.63, 3.8) is 0 Å². The number of carboxylic acids is 1. The zero-order valence-corrected chi connectivity index (χ0v) is 10.3. The first-order valence-electron chi connectivity index (χ1n) is 5.76. The van der Waals surface area contributed by atoms with Crippen molar-refractivity contribution in [3.05, 3.63) is 60.2 Å². The number of rotatable bonds is 4. The number of para-hydroxylation sites is 1. The van der Waals surface area contributed by atoms with Gasteiger partial charge in [-0.25, -0.2) is 9.18 Å². The highest BCUT2D eigenvalue weighted by molar-refractivity contribution is 5.78. The molecule has 0 amide bonds. The molecule has 3 nitrogen and oxygen atoms in total. The summed E-state index contributed by atoms with van der Waals surface area (Å²) in [6, 6.07) is 15.1. The van der Waals surface area contributed by atoms with Gasteiger partial charge in [0.25, 0.3) is 0 Å². The quantitative estimate of drug-likeness (QED) is 0.910. The van der Waals surface area contributed by atoms with Gasteiger partial charge in [0.2, 0.25) is 5.67 Å². The Hall–Kier alpha value is -2.36. The molecule has 0 aliphatic heterocycles.